The van der Waals surface area contributed by atoms with Gasteiger partial charge in [-0.3, -0.25) is 14.5 Å². The number of aryl methyl sites for hydroxylation is 1. The highest BCUT2D eigenvalue weighted by molar-refractivity contribution is 6.38. The molecule has 0 fully saturated rings. The van der Waals surface area contributed by atoms with Crippen molar-refractivity contribution in [2.45, 2.75) is 39.3 Å². The van der Waals surface area contributed by atoms with E-state index in [4.69, 9.17) is 27.6 Å². The lowest BCUT2D eigenvalue weighted by atomic mass is 10.1. The van der Waals surface area contributed by atoms with Crippen molar-refractivity contribution in [3.8, 4) is 0 Å². The molecule has 0 saturated carbocycles. The van der Waals surface area contributed by atoms with Crippen LogP contribution in [0.15, 0.2) is 32.4 Å². The summed E-state index contributed by atoms with van der Waals surface area (Å²) in [4.78, 5) is 34.8. The summed E-state index contributed by atoms with van der Waals surface area (Å²) in [5, 5.41) is 1.05. The molecule has 0 spiro atoms. The van der Waals surface area contributed by atoms with E-state index in [1.165, 1.54) is 6.26 Å². The predicted octanol–water partition coefficient (Wildman–Crippen LogP) is 3.69. The molecule has 0 aliphatic carbocycles. The van der Waals surface area contributed by atoms with E-state index in [2.05, 4.69) is 16.9 Å². The molecule has 1 aromatic carbocycles. The van der Waals surface area contributed by atoms with Gasteiger partial charge in [0, 0.05) is 43.1 Å². The molecule has 0 saturated heterocycles. The van der Waals surface area contributed by atoms with Gasteiger partial charge in [-0.05, 0) is 18.6 Å². The van der Waals surface area contributed by atoms with E-state index in [1.807, 2.05) is 4.90 Å². The zero-order valence-electron chi connectivity index (χ0n) is 15.3. The van der Waals surface area contributed by atoms with Crippen molar-refractivity contribution in [1.82, 2.24) is 14.9 Å². The number of hydrogen-bond acceptors (Lipinski definition) is 5. The highest BCUT2D eigenvalue weighted by atomic mass is 35.5. The minimum Gasteiger partial charge on any atom is -0.462 e. The number of benzene rings is 1. The third-order valence-electron chi connectivity index (χ3n) is 4.94. The highest BCUT2D eigenvalue weighted by Gasteiger charge is 2.22. The van der Waals surface area contributed by atoms with Gasteiger partial charge in [0.25, 0.3) is 5.56 Å². The molecular weight excluding hydrogens is 401 g/mol. The molecule has 0 amide bonds. The fourth-order valence-corrected chi connectivity index (χ4v) is 4.12. The van der Waals surface area contributed by atoms with E-state index in [0.29, 0.717) is 58.2 Å². The van der Waals surface area contributed by atoms with Gasteiger partial charge in [-0.15, -0.1) is 0 Å². The van der Waals surface area contributed by atoms with Gasteiger partial charge < -0.3 is 9.40 Å². The molecule has 3 aromatic rings. The van der Waals surface area contributed by atoms with E-state index in [-0.39, 0.29) is 11.0 Å². The minimum atomic E-state index is -0.165. The summed E-state index contributed by atoms with van der Waals surface area (Å²) >= 11 is 12.1. The second-order valence-electron chi connectivity index (χ2n) is 7.00. The molecule has 0 atom stereocenters. The van der Waals surface area contributed by atoms with Crippen LogP contribution in [-0.2, 0) is 25.9 Å². The molecule has 1 N–H and O–H groups in total. The average Bonchev–Trinajstić information content (AvgIpc) is 2.65. The summed E-state index contributed by atoms with van der Waals surface area (Å²) in [7, 11) is 0. The van der Waals surface area contributed by atoms with Gasteiger partial charge in [0.1, 0.15) is 5.82 Å². The zero-order chi connectivity index (χ0) is 19.8. The Morgan fingerprint density at radius 1 is 1.29 bits per heavy atom. The number of H-pyrrole nitrogens is 1. The summed E-state index contributed by atoms with van der Waals surface area (Å²) in [5.41, 5.74) is 2.09. The highest BCUT2D eigenvalue weighted by Crippen LogP contribution is 2.26. The predicted molar refractivity (Wildman–Crippen MR) is 109 cm³/mol. The monoisotopic (exact) mass is 419 g/mol. The maximum Gasteiger partial charge on any atom is 0.255 e. The summed E-state index contributed by atoms with van der Waals surface area (Å²) in [6.07, 6.45) is 3.80. The maximum atomic E-state index is 12.9. The zero-order valence-corrected chi connectivity index (χ0v) is 16.9. The van der Waals surface area contributed by atoms with E-state index < -0.39 is 0 Å². The van der Waals surface area contributed by atoms with Crippen molar-refractivity contribution >= 4 is 34.2 Å². The van der Waals surface area contributed by atoms with E-state index in [0.717, 1.165) is 24.4 Å². The van der Waals surface area contributed by atoms with Crippen LogP contribution in [0.2, 0.25) is 10.0 Å². The quantitative estimate of drug-likeness (QED) is 0.697. The lowest BCUT2D eigenvalue weighted by Gasteiger charge is -2.27. The summed E-state index contributed by atoms with van der Waals surface area (Å²) < 4.78 is 5.59. The average molecular weight is 420 g/mol. The van der Waals surface area contributed by atoms with Gasteiger partial charge >= 0.3 is 0 Å². The fraction of sp³-hybridized carbons (Fsp3) is 0.350. The van der Waals surface area contributed by atoms with E-state index in [9.17, 15) is 9.59 Å². The van der Waals surface area contributed by atoms with E-state index >= 15 is 0 Å². The molecule has 4 rings (SSSR count). The first-order chi connectivity index (χ1) is 13.5. The van der Waals surface area contributed by atoms with Crippen LogP contribution < -0.4 is 11.0 Å². The topological polar surface area (TPSA) is 79.2 Å². The molecule has 2 aromatic heterocycles. The van der Waals surface area contributed by atoms with Crippen molar-refractivity contribution in [3.63, 3.8) is 0 Å². The molecule has 3 heterocycles. The molecule has 1 aliphatic heterocycles. The van der Waals surface area contributed by atoms with Crippen molar-refractivity contribution in [1.29, 1.82) is 0 Å². The Morgan fingerprint density at radius 3 is 2.89 bits per heavy atom. The first kappa shape index (κ1) is 19.2. The molecule has 0 bridgehead atoms. The van der Waals surface area contributed by atoms with Gasteiger partial charge in [-0.1, -0.05) is 30.1 Å². The Kier molecular flexibility index (Phi) is 5.27. The minimum absolute atomic E-state index is 0.0951. The van der Waals surface area contributed by atoms with Crippen LogP contribution in [0.1, 0.15) is 36.0 Å². The molecular formula is C20H19Cl2N3O3. The first-order valence-electron chi connectivity index (χ1n) is 9.19. The number of hydrogen-bond donors (Lipinski definition) is 1. The number of fused-ring (bicyclic) bond motifs is 2. The Bertz CT molecular complexity index is 1170. The SMILES string of the molecule is CCCc1nc2c(c(=O)[nH]1)CN(Cc1coc3c(Cl)cc(Cl)cc3c1=O)CC2. The van der Waals surface area contributed by atoms with Gasteiger partial charge in [-0.25, -0.2) is 4.98 Å². The summed E-state index contributed by atoms with van der Waals surface area (Å²) in [6.45, 7) is 3.58. The van der Waals surface area contributed by atoms with Gasteiger partial charge in [-0.2, -0.15) is 0 Å². The number of nitrogens with one attached hydrogen (secondary N) is 1. The van der Waals surface area contributed by atoms with Crippen LogP contribution in [0.3, 0.4) is 0 Å². The molecule has 1 aliphatic rings. The lowest BCUT2D eigenvalue weighted by Crippen LogP contribution is -2.36. The van der Waals surface area contributed by atoms with Crippen LogP contribution in [0.4, 0.5) is 0 Å². The summed E-state index contributed by atoms with van der Waals surface area (Å²) in [6, 6.07) is 3.11. The van der Waals surface area contributed by atoms with Gasteiger partial charge in [0.05, 0.1) is 27.9 Å². The third-order valence-corrected chi connectivity index (χ3v) is 5.44. The fourth-order valence-electron chi connectivity index (χ4n) is 3.58. The molecule has 0 unspecified atom stereocenters. The number of aromatic amines is 1. The number of aromatic nitrogens is 2. The van der Waals surface area contributed by atoms with Crippen LogP contribution in [0.5, 0.6) is 0 Å². The largest absolute Gasteiger partial charge is 0.462 e. The number of rotatable bonds is 4. The second-order valence-corrected chi connectivity index (χ2v) is 7.85. The Morgan fingerprint density at radius 2 is 2.11 bits per heavy atom. The van der Waals surface area contributed by atoms with Crippen LogP contribution in [-0.4, -0.2) is 21.4 Å². The number of halogens is 2. The van der Waals surface area contributed by atoms with Crippen molar-refractivity contribution in [2.75, 3.05) is 6.54 Å². The Balaban J connectivity index is 1.62. The second kappa shape index (κ2) is 7.70. The van der Waals surface area contributed by atoms with Gasteiger partial charge in [0.15, 0.2) is 11.0 Å². The normalized spacial score (nSPS) is 14.4. The summed E-state index contributed by atoms with van der Waals surface area (Å²) in [5.74, 6) is 0.739. The van der Waals surface area contributed by atoms with Crippen molar-refractivity contribution in [3.05, 3.63) is 71.7 Å². The maximum absolute atomic E-state index is 12.9. The molecule has 0 radical (unpaired) electrons. The van der Waals surface area contributed by atoms with Crippen LogP contribution in [0, 0.1) is 0 Å². The molecule has 6 nitrogen and oxygen atoms in total. The standard InChI is InChI=1S/C20H19Cl2N3O3/c1-2-3-17-23-16-4-5-25(9-14(16)20(27)24-17)8-11-10-28-19-13(18(11)26)6-12(21)7-15(19)22/h6-7,10H,2-5,8-9H2,1H3,(H,23,24,27). The van der Waals surface area contributed by atoms with Gasteiger partial charge in [0.2, 0.25) is 0 Å². The molecule has 8 heteroatoms. The van der Waals surface area contributed by atoms with Crippen molar-refractivity contribution in [2.24, 2.45) is 0 Å². The van der Waals surface area contributed by atoms with Crippen LogP contribution in [0.25, 0.3) is 11.0 Å². The third kappa shape index (κ3) is 3.60. The lowest BCUT2D eigenvalue weighted by molar-refractivity contribution is 0.239. The molecule has 28 heavy (non-hydrogen) atoms. The van der Waals surface area contributed by atoms with Crippen molar-refractivity contribution < 1.29 is 4.42 Å². The Hall–Kier alpha value is -2.15. The number of nitrogens with zero attached hydrogens (tertiary/aromatic N) is 2. The first-order valence-corrected chi connectivity index (χ1v) is 9.94. The van der Waals surface area contributed by atoms with Crippen LogP contribution >= 0.6 is 23.2 Å². The van der Waals surface area contributed by atoms with E-state index in [1.54, 1.807) is 12.1 Å². The Labute approximate surface area is 171 Å². The smallest absolute Gasteiger partial charge is 0.255 e. The molecule has 146 valence electrons.